The van der Waals surface area contributed by atoms with Crippen LogP contribution in [-0.2, 0) is 4.74 Å². The van der Waals surface area contributed by atoms with Crippen LogP contribution in [0.25, 0.3) is 0 Å². The van der Waals surface area contributed by atoms with Gasteiger partial charge < -0.3 is 15.0 Å². The van der Waals surface area contributed by atoms with Crippen LogP contribution in [-0.4, -0.2) is 42.3 Å². The zero-order valence-electron chi connectivity index (χ0n) is 11.9. The molecule has 1 saturated heterocycles. The molecule has 1 N–H and O–H groups in total. The molecule has 0 amide bonds. The Morgan fingerprint density at radius 2 is 2.11 bits per heavy atom. The topological polar surface area (TPSA) is 50.3 Å². The minimum absolute atomic E-state index is 0.498. The van der Waals surface area contributed by atoms with Gasteiger partial charge in [-0.3, -0.25) is 0 Å². The van der Waals surface area contributed by atoms with Gasteiger partial charge in [-0.05, 0) is 12.8 Å². The van der Waals surface area contributed by atoms with Crippen molar-refractivity contribution in [1.29, 1.82) is 0 Å². The Bertz CT molecular complexity index is 379. The fourth-order valence-electron chi connectivity index (χ4n) is 2.33. The van der Waals surface area contributed by atoms with Crippen molar-refractivity contribution in [2.75, 3.05) is 36.5 Å². The molecule has 19 heavy (non-hydrogen) atoms. The summed E-state index contributed by atoms with van der Waals surface area (Å²) in [6.07, 6.45) is 5.12. The molecule has 1 aliphatic rings. The normalized spacial score (nSPS) is 17.3. The molecule has 0 bridgehead atoms. The van der Waals surface area contributed by atoms with E-state index in [0.717, 1.165) is 44.4 Å². The molecule has 1 unspecified atom stereocenters. The van der Waals surface area contributed by atoms with Gasteiger partial charge in [0.15, 0.2) is 0 Å². The molecule has 0 aliphatic carbocycles. The van der Waals surface area contributed by atoms with Crippen LogP contribution in [0.3, 0.4) is 0 Å². The molecule has 1 fully saturated rings. The van der Waals surface area contributed by atoms with Crippen molar-refractivity contribution in [3.8, 4) is 0 Å². The Kier molecular flexibility index (Phi) is 5.39. The molecule has 0 aromatic carbocycles. The molecular weight excluding hydrogens is 240 g/mol. The second-order valence-corrected chi connectivity index (χ2v) is 4.90. The maximum Gasteiger partial charge on any atom is 0.134 e. The zero-order chi connectivity index (χ0) is 13.5. The van der Waals surface area contributed by atoms with Crippen molar-refractivity contribution in [3.05, 3.63) is 12.4 Å². The summed E-state index contributed by atoms with van der Waals surface area (Å²) >= 11 is 0. The third kappa shape index (κ3) is 4.06. The number of hydrogen-bond donors (Lipinski definition) is 1. The maximum absolute atomic E-state index is 5.36. The van der Waals surface area contributed by atoms with Gasteiger partial charge in [-0.1, -0.05) is 20.3 Å². The van der Waals surface area contributed by atoms with E-state index >= 15 is 0 Å². The van der Waals surface area contributed by atoms with E-state index in [0.29, 0.717) is 6.04 Å². The first-order chi connectivity index (χ1) is 9.33. The van der Waals surface area contributed by atoms with Gasteiger partial charge >= 0.3 is 0 Å². The Hall–Kier alpha value is -1.36. The van der Waals surface area contributed by atoms with Crippen LogP contribution in [0.1, 0.15) is 33.1 Å². The Morgan fingerprint density at radius 3 is 2.79 bits per heavy atom. The third-order valence-corrected chi connectivity index (χ3v) is 3.47. The molecule has 0 spiro atoms. The van der Waals surface area contributed by atoms with E-state index in [1.165, 1.54) is 12.8 Å². The second-order valence-electron chi connectivity index (χ2n) is 4.90. The molecule has 5 nitrogen and oxygen atoms in total. The van der Waals surface area contributed by atoms with Crippen molar-refractivity contribution in [2.24, 2.45) is 0 Å². The molecule has 1 aromatic heterocycles. The smallest absolute Gasteiger partial charge is 0.134 e. The molecule has 2 heterocycles. The highest BCUT2D eigenvalue weighted by atomic mass is 16.5. The van der Waals surface area contributed by atoms with Crippen molar-refractivity contribution in [2.45, 2.75) is 39.2 Å². The summed E-state index contributed by atoms with van der Waals surface area (Å²) in [5, 5.41) is 3.50. The third-order valence-electron chi connectivity index (χ3n) is 3.47. The zero-order valence-corrected chi connectivity index (χ0v) is 11.9. The minimum atomic E-state index is 0.498. The number of nitrogens with zero attached hydrogens (tertiary/aromatic N) is 3. The number of morpholine rings is 1. The van der Waals surface area contributed by atoms with Crippen molar-refractivity contribution in [1.82, 2.24) is 9.97 Å². The lowest BCUT2D eigenvalue weighted by Gasteiger charge is -2.28. The quantitative estimate of drug-likeness (QED) is 0.854. The molecule has 106 valence electrons. The first-order valence-electron chi connectivity index (χ1n) is 7.24. The van der Waals surface area contributed by atoms with Crippen molar-refractivity contribution >= 4 is 11.6 Å². The van der Waals surface area contributed by atoms with Crippen LogP contribution in [0.2, 0.25) is 0 Å². The van der Waals surface area contributed by atoms with Crippen molar-refractivity contribution < 1.29 is 4.74 Å². The van der Waals surface area contributed by atoms with E-state index < -0.39 is 0 Å². The molecule has 5 heteroatoms. The summed E-state index contributed by atoms with van der Waals surface area (Å²) in [5.41, 5.74) is 0. The van der Waals surface area contributed by atoms with Gasteiger partial charge in [0.05, 0.1) is 13.2 Å². The van der Waals surface area contributed by atoms with Crippen molar-refractivity contribution in [3.63, 3.8) is 0 Å². The van der Waals surface area contributed by atoms with Crippen LogP contribution >= 0.6 is 0 Å². The molecular formula is C14H24N4O. The average Bonchev–Trinajstić information content (AvgIpc) is 2.48. The van der Waals surface area contributed by atoms with Crippen LogP contribution < -0.4 is 10.2 Å². The van der Waals surface area contributed by atoms with Gasteiger partial charge in [0.1, 0.15) is 18.0 Å². The summed E-state index contributed by atoms with van der Waals surface area (Å²) in [6.45, 7) is 7.78. The Morgan fingerprint density at radius 1 is 1.32 bits per heavy atom. The molecule has 1 aliphatic heterocycles. The van der Waals surface area contributed by atoms with Gasteiger partial charge in [-0.2, -0.15) is 0 Å². The van der Waals surface area contributed by atoms with Crippen LogP contribution in [0, 0.1) is 0 Å². The van der Waals surface area contributed by atoms with E-state index in [9.17, 15) is 0 Å². The molecule has 1 atom stereocenters. The van der Waals surface area contributed by atoms with Crippen LogP contribution in [0.5, 0.6) is 0 Å². The number of nitrogens with one attached hydrogen (secondary N) is 1. The van der Waals surface area contributed by atoms with E-state index in [-0.39, 0.29) is 0 Å². The highest BCUT2D eigenvalue weighted by Crippen LogP contribution is 2.17. The largest absolute Gasteiger partial charge is 0.378 e. The summed E-state index contributed by atoms with van der Waals surface area (Å²) in [4.78, 5) is 10.9. The van der Waals surface area contributed by atoms with E-state index in [4.69, 9.17) is 4.74 Å². The molecule has 1 aromatic rings. The number of hydrogen-bond acceptors (Lipinski definition) is 5. The van der Waals surface area contributed by atoms with E-state index in [2.05, 4.69) is 34.0 Å². The van der Waals surface area contributed by atoms with Gasteiger partial charge in [0.2, 0.25) is 0 Å². The van der Waals surface area contributed by atoms with Gasteiger partial charge in [-0.25, -0.2) is 9.97 Å². The predicted octanol–water partition coefficient (Wildman–Crippen LogP) is 2.30. The number of ether oxygens (including phenoxy) is 1. The lowest BCUT2D eigenvalue weighted by molar-refractivity contribution is 0.122. The molecule has 0 saturated carbocycles. The fraction of sp³-hybridized carbons (Fsp3) is 0.714. The van der Waals surface area contributed by atoms with Gasteiger partial charge in [-0.15, -0.1) is 0 Å². The molecule has 2 rings (SSSR count). The number of rotatable bonds is 6. The monoisotopic (exact) mass is 264 g/mol. The summed E-state index contributed by atoms with van der Waals surface area (Å²) in [5.74, 6) is 1.92. The minimum Gasteiger partial charge on any atom is -0.378 e. The Labute approximate surface area is 115 Å². The fourth-order valence-corrected chi connectivity index (χ4v) is 2.33. The number of aromatic nitrogens is 2. The summed E-state index contributed by atoms with van der Waals surface area (Å²) < 4.78 is 5.36. The highest BCUT2D eigenvalue weighted by Gasteiger charge is 2.13. The lowest BCUT2D eigenvalue weighted by Crippen LogP contribution is -2.36. The highest BCUT2D eigenvalue weighted by molar-refractivity contribution is 5.49. The standard InChI is InChI=1S/C14H24N4O/c1-3-5-12(4-2)17-13-10-14(16-11-15-13)18-6-8-19-9-7-18/h10-12H,3-9H2,1-2H3,(H,15,16,17). The molecule has 0 radical (unpaired) electrons. The average molecular weight is 264 g/mol. The summed E-state index contributed by atoms with van der Waals surface area (Å²) in [6, 6.07) is 2.54. The maximum atomic E-state index is 5.36. The SMILES string of the molecule is CCCC(CC)Nc1cc(N2CCOCC2)ncn1. The van der Waals surface area contributed by atoms with E-state index in [1.54, 1.807) is 6.33 Å². The second kappa shape index (κ2) is 7.28. The van der Waals surface area contributed by atoms with E-state index in [1.807, 2.05) is 6.07 Å². The summed E-state index contributed by atoms with van der Waals surface area (Å²) in [7, 11) is 0. The van der Waals surface area contributed by atoms with Crippen LogP contribution in [0.15, 0.2) is 12.4 Å². The van der Waals surface area contributed by atoms with Gasteiger partial charge in [0.25, 0.3) is 0 Å². The predicted molar refractivity (Wildman–Crippen MR) is 77.7 cm³/mol. The first-order valence-corrected chi connectivity index (χ1v) is 7.24. The van der Waals surface area contributed by atoms with Crippen LogP contribution in [0.4, 0.5) is 11.6 Å². The number of anilines is 2. The lowest BCUT2D eigenvalue weighted by atomic mass is 10.1. The van der Waals surface area contributed by atoms with Gasteiger partial charge in [0, 0.05) is 25.2 Å². The first kappa shape index (κ1) is 14.1. The Balaban J connectivity index is 2.01.